The van der Waals surface area contributed by atoms with Crippen molar-refractivity contribution >= 4 is 33.2 Å². The summed E-state index contributed by atoms with van der Waals surface area (Å²) >= 11 is 3.48. The van der Waals surface area contributed by atoms with Gasteiger partial charge in [0.25, 0.3) is 0 Å². The number of nitrogens with two attached hydrogens (primary N) is 1. The van der Waals surface area contributed by atoms with Crippen molar-refractivity contribution in [3.8, 4) is 6.07 Å². The fraction of sp³-hybridized carbons (Fsp3) is 0.308. The highest BCUT2D eigenvalue weighted by Gasteiger charge is 2.09. The van der Waals surface area contributed by atoms with Gasteiger partial charge in [0.2, 0.25) is 5.71 Å². The average molecular weight is 322 g/mol. The topological polar surface area (TPSA) is 98.0 Å². The molecule has 100 valence electrons. The summed E-state index contributed by atoms with van der Waals surface area (Å²) in [5.41, 5.74) is 11.1. The van der Waals surface area contributed by atoms with Crippen LogP contribution in [0.2, 0.25) is 0 Å². The number of rotatable bonds is 5. The van der Waals surface area contributed by atoms with Crippen LogP contribution >= 0.6 is 15.9 Å². The highest BCUT2D eigenvalue weighted by atomic mass is 79.9. The van der Waals surface area contributed by atoms with Crippen molar-refractivity contribution in [3.05, 3.63) is 27.7 Å². The maximum absolute atomic E-state index is 8.82. The van der Waals surface area contributed by atoms with Gasteiger partial charge in [-0.3, -0.25) is 10.8 Å². The summed E-state index contributed by atoms with van der Waals surface area (Å²) < 4.78 is 1.02. The van der Waals surface area contributed by atoms with E-state index in [4.69, 9.17) is 16.4 Å². The standard InChI is InChI=1S/C13H16BrN5/c1-3-8-5-10(14)6-9(4-2)12(8)19-18-11(7-15)13(16)17/h5-6,19H,3-4H2,1-2H3,(H3,16,17)/b18-11+. The monoisotopic (exact) mass is 321 g/mol. The molecule has 0 aliphatic carbocycles. The number of nitrogens with one attached hydrogen (secondary N) is 2. The molecule has 0 saturated heterocycles. The second kappa shape index (κ2) is 6.90. The van der Waals surface area contributed by atoms with E-state index < -0.39 is 0 Å². The summed E-state index contributed by atoms with van der Waals surface area (Å²) in [4.78, 5) is 0. The van der Waals surface area contributed by atoms with Gasteiger partial charge in [0, 0.05) is 4.47 Å². The van der Waals surface area contributed by atoms with Crippen LogP contribution < -0.4 is 11.2 Å². The fourth-order valence-corrected chi connectivity index (χ4v) is 2.24. The summed E-state index contributed by atoms with van der Waals surface area (Å²) in [7, 11) is 0. The number of hydrogen-bond donors (Lipinski definition) is 3. The number of anilines is 1. The van der Waals surface area contributed by atoms with Gasteiger partial charge in [-0.25, -0.2) is 0 Å². The molecule has 6 heteroatoms. The van der Waals surface area contributed by atoms with E-state index >= 15 is 0 Å². The Labute approximate surface area is 121 Å². The van der Waals surface area contributed by atoms with E-state index in [1.165, 1.54) is 0 Å². The molecule has 0 atom stereocenters. The summed E-state index contributed by atoms with van der Waals surface area (Å²) in [6, 6.07) is 5.81. The number of nitriles is 1. The van der Waals surface area contributed by atoms with E-state index in [0.29, 0.717) is 0 Å². The molecule has 0 aliphatic rings. The lowest BCUT2D eigenvalue weighted by Gasteiger charge is -2.13. The zero-order chi connectivity index (χ0) is 14.4. The quantitative estimate of drug-likeness (QED) is 0.441. The van der Waals surface area contributed by atoms with Crippen molar-refractivity contribution in [2.45, 2.75) is 26.7 Å². The second-order valence-corrected chi connectivity index (χ2v) is 4.82. The highest BCUT2D eigenvalue weighted by molar-refractivity contribution is 9.10. The van der Waals surface area contributed by atoms with Crippen LogP contribution in [0.1, 0.15) is 25.0 Å². The van der Waals surface area contributed by atoms with E-state index in [-0.39, 0.29) is 11.5 Å². The van der Waals surface area contributed by atoms with Crippen LogP contribution in [-0.2, 0) is 12.8 Å². The maximum Gasteiger partial charge on any atom is 0.201 e. The van der Waals surface area contributed by atoms with Gasteiger partial charge in [-0.1, -0.05) is 29.8 Å². The second-order valence-electron chi connectivity index (χ2n) is 3.90. The molecular weight excluding hydrogens is 306 g/mol. The number of halogens is 1. The molecule has 0 unspecified atom stereocenters. The predicted octanol–water partition coefficient (Wildman–Crippen LogP) is 2.80. The third-order valence-corrected chi connectivity index (χ3v) is 3.13. The van der Waals surface area contributed by atoms with Crippen molar-refractivity contribution in [3.63, 3.8) is 0 Å². The lowest BCUT2D eigenvalue weighted by Crippen LogP contribution is -2.22. The van der Waals surface area contributed by atoms with Gasteiger partial charge in [-0.15, -0.1) is 0 Å². The van der Waals surface area contributed by atoms with Crippen LogP contribution in [0.4, 0.5) is 5.69 Å². The van der Waals surface area contributed by atoms with Gasteiger partial charge >= 0.3 is 0 Å². The number of aryl methyl sites for hydroxylation is 2. The van der Waals surface area contributed by atoms with E-state index in [1.54, 1.807) is 6.07 Å². The van der Waals surface area contributed by atoms with Crippen molar-refractivity contribution < 1.29 is 0 Å². The van der Waals surface area contributed by atoms with Gasteiger partial charge in [0.1, 0.15) is 6.07 Å². The van der Waals surface area contributed by atoms with E-state index in [0.717, 1.165) is 34.1 Å². The number of benzene rings is 1. The Morgan fingerprint density at radius 1 is 1.42 bits per heavy atom. The van der Waals surface area contributed by atoms with Crippen molar-refractivity contribution in [1.82, 2.24) is 0 Å². The minimum absolute atomic E-state index is 0.118. The average Bonchev–Trinajstić information content (AvgIpc) is 2.39. The first kappa shape index (κ1) is 15.2. The number of hydrogen-bond acceptors (Lipinski definition) is 4. The van der Waals surface area contributed by atoms with Gasteiger partial charge in [0.05, 0.1) is 5.69 Å². The maximum atomic E-state index is 8.82. The Bertz CT molecular complexity index is 532. The summed E-state index contributed by atoms with van der Waals surface area (Å²) in [6.45, 7) is 4.10. The summed E-state index contributed by atoms with van der Waals surface area (Å²) in [5.74, 6) is -0.344. The SMILES string of the molecule is CCc1cc(Br)cc(CC)c1N/N=C(\C#N)C(=N)N. The van der Waals surface area contributed by atoms with Gasteiger partial charge in [-0.05, 0) is 36.1 Å². The van der Waals surface area contributed by atoms with E-state index in [2.05, 4.69) is 26.5 Å². The molecular formula is C13H16BrN5. The molecule has 1 aromatic rings. The Morgan fingerprint density at radius 3 is 2.32 bits per heavy atom. The van der Waals surface area contributed by atoms with Crippen LogP contribution in [0.25, 0.3) is 0 Å². The molecule has 0 bridgehead atoms. The first-order chi connectivity index (χ1) is 9.03. The van der Waals surface area contributed by atoms with Crippen LogP contribution in [0, 0.1) is 16.7 Å². The fourth-order valence-electron chi connectivity index (χ4n) is 1.68. The molecule has 4 N–H and O–H groups in total. The third kappa shape index (κ3) is 3.80. The first-order valence-corrected chi connectivity index (χ1v) is 6.72. The Kier molecular flexibility index (Phi) is 5.52. The van der Waals surface area contributed by atoms with Gasteiger partial charge in [-0.2, -0.15) is 10.4 Å². The summed E-state index contributed by atoms with van der Waals surface area (Å²) in [6.07, 6.45) is 1.68. The van der Waals surface area contributed by atoms with Gasteiger partial charge in [0.15, 0.2) is 5.84 Å². The zero-order valence-corrected chi connectivity index (χ0v) is 12.5. The molecule has 0 heterocycles. The lowest BCUT2D eigenvalue weighted by atomic mass is 10.0. The molecule has 0 aromatic heterocycles. The molecule has 19 heavy (non-hydrogen) atoms. The van der Waals surface area contributed by atoms with E-state index in [9.17, 15) is 0 Å². The first-order valence-electron chi connectivity index (χ1n) is 5.92. The minimum atomic E-state index is -0.344. The Balaban J connectivity index is 3.20. The highest BCUT2D eigenvalue weighted by Crippen LogP contribution is 2.27. The third-order valence-electron chi connectivity index (χ3n) is 2.67. The van der Waals surface area contributed by atoms with Crippen LogP contribution in [-0.4, -0.2) is 11.5 Å². The van der Waals surface area contributed by atoms with Crippen LogP contribution in [0.3, 0.4) is 0 Å². The molecule has 0 radical (unpaired) electrons. The predicted molar refractivity (Wildman–Crippen MR) is 81.5 cm³/mol. The van der Waals surface area contributed by atoms with Crippen molar-refractivity contribution in [2.75, 3.05) is 5.43 Å². The molecule has 1 aromatic carbocycles. The molecule has 0 saturated carbocycles. The number of nitrogens with zero attached hydrogens (tertiary/aromatic N) is 2. The molecule has 0 fully saturated rings. The Hall–Kier alpha value is -1.87. The van der Waals surface area contributed by atoms with E-state index in [1.807, 2.05) is 26.0 Å². The van der Waals surface area contributed by atoms with Crippen LogP contribution in [0.5, 0.6) is 0 Å². The smallest absolute Gasteiger partial charge is 0.201 e. The van der Waals surface area contributed by atoms with Crippen molar-refractivity contribution in [1.29, 1.82) is 10.7 Å². The minimum Gasteiger partial charge on any atom is -0.382 e. The number of amidine groups is 1. The largest absolute Gasteiger partial charge is 0.382 e. The normalized spacial score (nSPS) is 10.9. The molecule has 1 rings (SSSR count). The lowest BCUT2D eigenvalue weighted by molar-refractivity contribution is 1.07. The Morgan fingerprint density at radius 2 is 1.95 bits per heavy atom. The zero-order valence-electron chi connectivity index (χ0n) is 10.9. The van der Waals surface area contributed by atoms with Crippen molar-refractivity contribution in [2.24, 2.45) is 10.8 Å². The molecule has 5 nitrogen and oxygen atoms in total. The molecule has 0 spiro atoms. The molecule has 0 amide bonds. The van der Waals surface area contributed by atoms with Crippen LogP contribution in [0.15, 0.2) is 21.7 Å². The number of hydrazone groups is 1. The van der Waals surface area contributed by atoms with Gasteiger partial charge < -0.3 is 5.73 Å². The summed E-state index contributed by atoms with van der Waals surface area (Å²) in [5, 5.41) is 19.9. The molecule has 0 aliphatic heterocycles.